The summed E-state index contributed by atoms with van der Waals surface area (Å²) in [6, 6.07) is 11.7. The van der Waals surface area contributed by atoms with Gasteiger partial charge in [0.1, 0.15) is 0 Å². The van der Waals surface area contributed by atoms with Gasteiger partial charge in [0.15, 0.2) is 0 Å². The van der Waals surface area contributed by atoms with Crippen LogP contribution in [0, 0.1) is 6.92 Å². The molecule has 0 amide bonds. The number of nitrogens with two attached hydrogens (primary N) is 1. The Hall–Kier alpha value is -2.34. The van der Waals surface area contributed by atoms with E-state index in [0.717, 1.165) is 16.2 Å². The zero-order chi connectivity index (χ0) is 14.7. The topological polar surface area (TPSA) is 77.8 Å². The second-order valence-corrected chi connectivity index (χ2v) is 5.54. The second kappa shape index (κ2) is 5.97. The Balaban J connectivity index is 1.71. The summed E-state index contributed by atoms with van der Waals surface area (Å²) in [6.45, 7) is 2.03. The SMILES string of the molecule is Cc1ccccc1-c1noc(CSc2ccc(N)cn2)n1. The van der Waals surface area contributed by atoms with Crippen LogP contribution in [-0.4, -0.2) is 15.1 Å². The summed E-state index contributed by atoms with van der Waals surface area (Å²) in [5, 5.41) is 4.91. The Morgan fingerprint density at radius 2 is 2.05 bits per heavy atom. The van der Waals surface area contributed by atoms with E-state index in [1.165, 1.54) is 11.8 Å². The molecule has 0 aliphatic rings. The maximum absolute atomic E-state index is 5.60. The van der Waals surface area contributed by atoms with E-state index in [1.54, 1.807) is 6.20 Å². The predicted molar refractivity (Wildman–Crippen MR) is 82.7 cm³/mol. The molecule has 106 valence electrons. The molecule has 2 heterocycles. The predicted octanol–water partition coefficient (Wildman–Crippen LogP) is 3.31. The summed E-state index contributed by atoms with van der Waals surface area (Å²) in [6.07, 6.45) is 1.63. The lowest BCUT2D eigenvalue weighted by Gasteiger charge is -1.98. The number of aryl methyl sites for hydroxylation is 1. The highest BCUT2D eigenvalue weighted by Gasteiger charge is 2.10. The van der Waals surface area contributed by atoms with Gasteiger partial charge in [-0.3, -0.25) is 0 Å². The van der Waals surface area contributed by atoms with Crippen molar-refractivity contribution in [2.24, 2.45) is 0 Å². The molecular weight excluding hydrogens is 284 g/mol. The van der Waals surface area contributed by atoms with Crippen LogP contribution < -0.4 is 5.73 Å². The molecule has 0 aliphatic heterocycles. The smallest absolute Gasteiger partial charge is 0.237 e. The summed E-state index contributed by atoms with van der Waals surface area (Å²) in [7, 11) is 0. The van der Waals surface area contributed by atoms with Crippen LogP contribution in [-0.2, 0) is 5.75 Å². The number of benzene rings is 1. The van der Waals surface area contributed by atoms with Crippen molar-refractivity contribution >= 4 is 17.4 Å². The van der Waals surface area contributed by atoms with Gasteiger partial charge in [-0.2, -0.15) is 4.98 Å². The molecule has 0 bridgehead atoms. The summed E-state index contributed by atoms with van der Waals surface area (Å²) in [5.74, 6) is 1.78. The Labute approximate surface area is 126 Å². The van der Waals surface area contributed by atoms with E-state index in [9.17, 15) is 0 Å². The molecule has 3 aromatic rings. The third-order valence-corrected chi connectivity index (χ3v) is 3.89. The molecular formula is C15H14N4OS. The summed E-state index contributed by atoms with van der Waals surface area (Å²) in [5.41, 5.74) is 8.37. The van der Waals surface area contributed by atoms with Gasteiger partial charge in [0.2, 0.25) is 11.7 Å². The van der Waals surface area contributed by atoms with Gasteiger partial charge in [-0.1, -0.05) is 41.2 Å². The largest absolute Gasteiger partial charge is 0.397 e. The molecule has 0 saturated heterocycles. The molecule has 0 fully saturated rings. The fourth-order valence-corrected chi connectivity index (χ4v) is 2.54. The summed E-state index contributed by atoms with van der Waals surface area (Å²) in [4.78, 5) is 8.64. The zero-order valence-corrected chi connectivity index (χ0v) is 12.3. The van der Waals surface area contributed by atoms with Crippen molar-refractivity contribution in [3.63, 3.8) is 0 Å². The molecule has 0 aliphatic carbocycles. The summed E-state index contributed by atoms with van der Waals surface area (Å²) >= 11 is 1.53. The first-order valence-electron chi connectivity index (χ1n) is 6.45. The molecule has 2 aromatic heterocycles. The van der Waals surface area contributed by atoms with Gasteiger partial charge < -0.3 is 10.3 Å². The fraction of sp³-hybridized carbons (Fsp3) is 0.133. The molecule has 1 aromatic carbocycles. The number of nitrogen functional groups attached to an aromatic ring is 1. The molecule has 21 heavy (non-hydrogen) atoms. The Bertz CT molecular complexity index is 739. The molecule has 0 atom stereocenters. The first-order chi connectivity index (χ1) is 10.2. The highest BCUT2D eigenvalue weighted by molar-refractivity contribution is 7.98. The molecule has 2 N–H and O–H groups in total. The number of nitrogens with zero attached hydrogens (tertiary/aromatic N) is 3. The Morgan fingerprint density at radius 1 is 1.19 bits per heavy atom. The van der Waals surface area contributed by atoms with Gasteiger partial charge >= 0.3 is 0 Å². The molecule has 0 unspecified atom stereocenters. The number of anilines is 1. The first-order valence-corrected chi connectivity index (χ1v) is 7.44. The van der Waals surface area contributed by atoms with Crippen LogP contribution >= 0.6 is 11.8 Å². The van der Waals surface area contributed by atoms with Crippen LogP contribution in [0.3, 0.4) is 0 Å². The van der Waals surface area contributed by atoms with Crippen molar-refractivity contribution in [1.29, 1.82) is 0 Å². The number of pyridine rings is 1. The van der Waals surface area contributed by atoms with Crippen LogP contribution in [0.25, 0.3) is 11.4 Å². The molecule has 3 rings (SSSR count). The normalized spacial score (nSPS) is 10.7. The van der Waals surface area contributed by atoms with Crippen LogP contribution in [0.15, 0.2) is 52.1 Å². The lowest BCUT2D eigenvalue weighted by molar-refractivity contribution is 0.391. The number of hydrogen-bond donors (Lipinski definition) is 1. The van der Waals surface area contributed by atoms with Crippen molar-refractivity contribution < 1.29 is 4.52 Å². The fourth-order valence-electron chi connectivity index (χ4n) is 1.86. The lowest BCUT2D eigenvalue weighted by atomic mass is 10.1. The molecule has 0 spiro atoms. The molecule has 0 saturated carbocycles. The quantitative estimate of drug-likeness (QED) is 0.744. The zero-order valence-electron chi connectivity index (χ0n) is 11.5. The van der Waals surface area contributed by atoms with Gasteiger partial charge in [0.05, 0.1) is 22.7 Å². The average molecular weight is 298 g/mol. The summed E-state index contributed by atoms with van der Waals surface area (Å²) < 4.78 is 5.29. The molecule has 6 heteroatoms. The van der Waals surface area contributed by atoms with Gasteiger partial charge in [0.25, 0.3) is 0 Å². The van der Waals surface area contributed by atoms with Gasteiger partial charge in [-0.05, 0) is 24.6 Å². The van der Waals surface area contributed by atoms with Crippen LogP contribution in [0.5, 0.6) is 0 Å². The standard InChI is InChI=1S/C15H14N4OS/c1-10-4-2-3-5-12(10)15-18-13(20-19-15)9-21-14-7-6-11(16)8-17-14/h2-8H,9,16H2,1H3. The van der Waals surface area contributed by atoms with Gasteiger partial charge in [-0.15, -0.1) is 0 Å². The van der Waals surface area contributed by atoms with E-state index in [4.69, 9.17) is 10.3 Å². The maximum atomic E-state index is 5.60. The van der Waals surface area contributed by atoms with Gasteiger partial charge in [-0.25, -0.2) is 4.98 Å². The number of thioether (sulfide) groups is 1. The second-order valence-electron chi connectivity index (χ2n) is 4.55. The number of rotatable bonds is 4. The van der Waals surface area contributed by atoms with Crippen LogP contribution in [0.2, 0.25) is 0 Å². The van der Waals surface area contributed by atoms with Crippen molar-refractivity contribution in [2.75, 3.05) is 5.73 Å². The third kappa shape index (κ3) is 3.22. The minimum Gasteiger partial charge on any atom is -0.397 e. The first kappa shape index (κ1) is 13.6. The monoisotopic (exact) mass is 298 g/mol. The van der Waals surface area contributed by atoms with Crippen LogP contribution in [0.4, 0.5) is 5.69 Å². The van der Waals surface area contributed by atoms with Crippen molar-refractivity contribution in [3.05, 3.63) is 54.0 Å². The maximum Gasteiger partial charge on any atom is 0.237 e. The minimum atomic E-state index is 0.579. The van der Waals surface area contributed by atoms with Crippen LogP contribution in [0.1, 0.15) is 11.5 Å². The van der Waals surface area contributed by atoms with E-state index < -0.39 is 0 Å². The van der Waals surface area contributed by atoms with Crippen molar-refractivity contribution in [1.82, 2.24) is 15.1 Å². The highest BCUT2D eigenvalue weighted by atomic mass is 32.2. The Kier molecular flexibility index (Phi) is 3.87. The van der Waals surface area contributed by atoms with Gasteiger partial charge in [0, 0.05) is 5.56 Å². The number of hydrogen-bond acceptors (Lipinski definition) is 6. The van der Waals surface area contributed by atoms with E-state index in [2.05, 4.69) is 15.1 Å². The van der Waals surface area contributed by atoms with Crippen molar-refractivity contribution in [3.8, 4) is 11.4 Å². The minimum absolute atomic E-state index is 0.579. The van der Waals surface area contributed by atoms with E-state index in [-0.39, 0.29) is 0 Å². The van der Waals surface area contributed by atoms with E-state index in [0.29, 0.717) is 23.2 Å². The average Bonchev–Trinajstić information content (AvgIpc) is 2.96. The Morgan fingerprint density at radius 3 is 2.81 bits per heavy atom. The van der Waals surface area contributed by atoms with E-state index in [1.807, 2.05) is 43.3 Å². The van der Waals surface area contributed by atoms with Crippen molar-refractivity contribution in [2.45, 2.75) is 17.7 Å². The highest BCUT2D eigenvalue weighted by Crippen LogP contribution is 2.24. The third-order valence-electron chi connectivity index (χ3n) is 2.96. The molecule has 5 nitrogen and oxygen atoms in total. The lowest BCUT2D eigenvalue weighted by Crippen LogP contribution is -1.88. The van der Waals surface area contributed by atoms with E-state index >= 15 is 0 Å². The number of aromatic nitrogens is 3. The molecule has 0 radical (unpaired) electrons.